The molecular formula is C22H30F4. The number of hydrogen-bond donors (Lipinski definition) is 0. The molecule has 2 saturated carbocycles. The molecule has 4 heteroatoms. The van der Waals surface area contributed by atoms with Crippen LogP contribution >= 0.6 is 0 Å². The minimum atomic E-state index is -3.11. The molecule has 0 atom stereocenters. The summed E-state index contributed by atoms with van der Waals surface area (Å²) in [5.41, 5.74) is -0.608. The Balaban J connectivity index is 1.47. The largest absolute Gasteiger partial charge is 0.269 e. The molecule has 0 aromatic heterocycles. The molecule has 0 aliphatic heterocycles. The van der Waals surface area contributed by atoms with Crippen molar-refractivity contribution in [1.29, 1.82) is 0 Å². The summed E-state index contributed by atoms with van der Waals surface area (Å²) in [7, 11) is 0. The van der Waals surface area contributed by atoms with Gasteiger partial charge < -0.3 is 0 Å². The van der Waals surface area contributed by atoms with Crippen LogP contribution in [0.4, 0.5) is 17.6 Å². The Bertz CT molecular complexity index is 559. The first kappa shape index (κ1) is 19.7. The zero-order chi connectivity index (χ0) is 18.7. The van der Waals surface area contributed by atoms with Gasteiger partial charge in [-0.15, -0.1) is 0 Å². The number of rotatable bonds is 5. The average molecular weight is 370 g/mol. The summed E-state index contributed by atoms with van der Waals surface area (Å²) in [4.78, 5) is 0. The molecule has 2 aliphatic carbocycles. The maximum Gasteiger partial charge on any atom is 0.269 e. The average Bonchev–Trinajstić information content (AvgIpc) is 2.60. The van der Waals surface area contributed by atoms with Crippen LogP contribution in [0.2, 0.25) is 0 Å². The molecule has 3 rings (SSSR count). The van der Waals surface area contributed by atoms with Crippen LogP contribution in [0.5, 0.6) is 0 Å². The van der Waals surface area contributed by atoms with E-state index in [9.17, 15) is 17.6 Å². The first-order chi connectivity index (χ1) is 12.4. The Labute approximate surface area is 154 Å². The van der Waals surface area contributed by atoms with Crippen molar-refractivity contribution >= 4 is 0 Å². The van der Waals surface area contributed by atoms with Crippen molar-refractivity contribution in [1.82, 2.24) is 0 Å². The SMILES string of the molecule is CC1CCC(C2CCC(CCc3cc(F)c(C(F)F)c(F)c3)CC2)CC1. The lowest BCUT2D eigenvalue weighted by Crippen LogP contribution is -2.25. The number of halogens is 4. The fourth-order valence-electron chi connectivity index (χ4n) is 5.07. The Kier molecular flexibility index (Phi) is 6.63. The van der Waals surface area contributed by atoms with Gasteiger partial charge in [0.2, 0.25) is 0 Å². The fraction of sp³-hybridized carbons (Fsp3) is 0.727. The molecule has 146 valence electrons. The summed E-state index contributed by atoms with van der Waals surface area (Å²) in [5.74, 6) is 1.00. The van der Waals surface area contributed by atoms with E-state index < -0.39 is 23.6 Å². The zero-order valence-corrected chi connectivity index (χ0v) is 15.6. The maximum absolute atomic E-state index is 13.7. The van der Waals surface area contributed by atoms with Gasteiger partial charge in [0.25, 0.3) is 6.43 Å². The second-order valence-corrected chi connectivity index (χ2v) is 8.61. The molecule has 0 amide bonds. The van der Waals surface area contributed by atoms with Crippen LogP contribution in [0.3, 0.4) is 0 Å². The normalized spacial score (nSPS) is 29.9. The Morgan fingerprint density at radius 1 is 0.846 bits per heavy atom. The summed E-state index contributed by atoms with van der Waals surface area (Å²) in [6.07, 6.45) is 8.78. The van der Waals surface area contributed by atoms with Crippen molar-refractivity contribution in [2.24, 2.45) is 23.7 Å². The number of aryl methyl sites for hydroxylation is 1. The Hall–Kier alpha value is -1.06. The van der Waals surface area contributed by atoms with Crippen LogP contribution < -0.4 is 0 Å². The van der Waals surface area contributed by atoms with Gasteiger partial charge in [-0.3, -0.25) is 0 Å². The van der Waals surface area contributed by atoms with Gasteiger partial charge in [-0.25, -0.2) is 17.6 Å². The number of alkyl halides is 2. The molecule has 2 aliphatic rings. The summed E-state index contributed by atoms with van der Waals surface area (Å²) in [6.45, 7) is 2.35. The van der Waals surface area contributed by atoms with E-state index in [0.717, 1.165) is 36.3 Å². The van der Waals surface area contributed by atoms with Crippen LogP contribution in [0.1, 0.15) is 82.3 Å². The molecule has 26 heavy (non-hydrogen) atoms. The van der Waals surface area contributed by atoms with Crippen molar-refractivity contribution < 1.29 is 17.6 Å². The van der Waals surface area contributed by atoms with E-state index in [-0.39, 0.29) is 0 Å². The summed E-state index contributed by atoms with van der Waals surface area (Å²) >= 11 is 0. The third-order valence-corrected chi connectivity index (χ3v) is 6.82. The molecule has 1 aromatic rings. The highest BCUT2D eigenvalue weighted by molar-refractivity contribution is 5.27. The van der Waals surface area contributed by atoms with Gasteiger partial charge >= 0.3 is 0 Å². The fourth-order valence-corrected chi connectivity index (χ4v) is 5.07. The van der Waals surface area contributed by atoms with Crippen LogP contribution in [-0.2, 0) is 6.42 Å². The van der Waals surface area contributed by atoms with Crippen molar-refractivity contribution in [2.45, 2.75) is 77.6 Å². The van der Waals surface area contributed by atoms with E-state index in [2.05, 4.69) is 6.92 Å². The van der Waals surface area contributed by atoms with Gasteiger partial charge in [0, 0.05) is 0 Å². The van der Waals surface area contributed by atoms with E-state index in [1.54, 1.807) is 0 Å². The van der Waals surface area contributed by atoms with Crippen LogP contribution in [-0.4, -0.2) is 0 Å². The second-order valence-electron chi connectivity index (χ2n) is 8.61. The lowest BCUT2D eigenvalue weighted by atomic mass is 9.69. The molecule has 1 aromatic carbocycles. The van der Waals surface area contributed by atoms with Crippen molar-refractivity contribution in [3.63, 3.8) is 0 Å². The second kappa shape index (κ2) is 8.75. The first-order valence-electron chi connectivity index (χ1n) is 10.2. The topological polar surface area (TPSA) is 0 Å². The van der Waals surface area contributed by atoms with Crippen LogP contribution in [0.15, 0.2) is 12.1 Å². The predicted octanol–water partition coefficient (Wildman–Crippen LogP) is 7.47. The standard InChI is InChI=1S/C22H30F4/c1-14-2-8-17(9-3-14)18-10-6-15(7-11-18)4-5-16-12-19(23)21(22(25)26)20(24)13-16/h12-15,17-18,22H,2-11H2,1H3. The Morgan fingerprint density at radius 3 is 1.85 bits per heavy atom. The zero-order valence-electron chi connectivity index (χ0n) is 15.6. The van der Waals surface area contributed by atoms with Crippen molar-refractivity contribution in [2.75, 3.05) is 0 Å². The highest BCUT2D eigenvalue weighted by Gasteiger charge is 2.30. The summed E-state index contributed by atoms with van der Waals surface area (Å²) in [6, 6.07) is 2.17. The third-order valence-electron chi connectivity index (χ3n) is 6.82. The van der Waals surface area contributed by atoms with Crippen LogP contribution in [0, 0.1) is 35.3 Å². The highest BCUT2D eigenvalue weighted by Crippen LogP contribution is 2.42. The Morgan fingerprint density at radius 2 is 1.35 bits per heavy atom. The van der Waals surface area contributed by atoms with E-state index in [1.807, 2.05) is 0 Å². The quantitative estimate of drug-likeness (QED) is 0.472. The molecule has 0 heterocycles. The lowest BCUT2D eigenvalue weighted by Gasteiger charge is -2.37. The smallest absolute Gasteiger partial charge is 0.206 e. The highest BCUT2D eigenvalue weighted by atomic mass is 19.3. The van der Waals surface area contributed by atoms with Gasteiger partial charge in [0.15, 0.2) is 0 Å². The molecule has 0 saturated heterocycles. The van der Waals surface area contributed by atoms with E-state index in [1.165, 1.54) is 51.4 Å². The first-order valence-corrected chi connectivity index (χ1v) is 10.2. The van der Waals surface area contributed by atoms with Gasteiger partial charge in [0.1, 0.15) is 11.6 Å². The molecule has 2 fully saturated rings. The van der Waals surface area contributed by atoms with E-state index >= 15 is 0 Å². The summed E-state index contributed by atoms with van der Waals surface area (Å²) < 4.78 is 52.6. The molecule has 0 radical (unpaired) electrons. The van der Waals surface area contributed by atoms with Crippen LogP contribution in [0.25, 0.3) is 0 Å². The van der Waals surface area contributed by atoms with Gasteiger partial charge in [-0.2, -0.15) is 0 Å². The number of hydrogen-bond acceptors (Lipinski definition) is 0. The molecule has 0 N–H and O–H groups in total. The van der Waals surface area contributed by atoms with E-state index in [0.29, 0.717) is 17.9 Å². The van der Waals surface area contributed by atoms with Gasteiger partial charge in [0.05, 0.1) is 5.56 Å². The molecule has 0 spiro atoms. The minimum absolute atomic E-state index is 0.493. The maximum atomic E-state index is 13.7. The molecule has 0 nitrogen and oxygen atoms in total. The number of benzene rings is 1. The predicted molar refractivity (Wildman–Crippen MR) is 96.2 cm³/mol. The molecule has 0 bridgehead atoms. The van der Waals surface area contributed by atoms with Crippen molar-refractivity contribution in [3.05, 3.63) is 34.9 Å². The van der Waals surface area contributed by atoms with Crippen molar-refractivity contribution in [3.8, 4) is 0 Å². The molecular weight excluding hydrogens is 340 g/mol. The van der Waals surface area contributed by atoms with Gasteiger partial charge in [-0.05, 0) is 79.9 Å². The lowest BCUT2D eigenvalue weighted by molar-refractivity contribution is 0.140. The summed E-state index contributed by atoms with van der Waals surface area (Å²) in [5, 5.41) is 0. The minimum Gasteiger partial charge on any atom is -0.206 e. The monoisotopic (exact) mass is 370 g/mol. The molecule has 0 unspecified atom stereocenters. The van der Waals surface area contributed by atoms with E-state index in [4.69, 9.17) is 0 Å². The van der Waals surface area contributed by atoms with Gasteiger partial charge in [-0.1, -0.05) is 32.6 Å². The third kappa shape index (κ3) is 4.80.